The van der Waals surface area contributed by atoms with Crippen molar-refractivity contribution in [1.82, 2.24) is 10.2 Å². The zero-order valence-electron chi connectivity index (χ0n) is 10.8. The lowest BCUT2D eigenvalue weighted by Gasteiger charge is -2.16. The maximum absolute atomic E-state index is 11.4. The molecule has 0 rings (SSSR count). The third-order valence-corrected chi connectivity index (χ3v) is 2.21. The fourth-order valence-corrected chi connectivity index (χ4v) is 1.21. The first-order valence-corrected chi connectivity index (χ1v) is 5.68. The van der Waals surface area contributed by atoms with Crippen molar-refractivity contribution in [3.8, 4) is 0 Å². The predicted molar refractivity (Wildman–Crippen MR) is 64.0 cm³/mol. The van der Waals surface area contributed by atoms with Crippen molar-refractivity contribution < 1.29 is 24.2 Å². The fraction of sp³-hybridized carbons (Fsp3) is 0.727. The first-order valence-electron chi connectivity index (χ1n) is 5.68. The van der Waals surface area contributed by atoms with Gasteiger partial charge >= 0.3 is 5.97 Å². The van der Waals surface area contributed by atoms with Crippen molar-refractivity contribution in [1.29, 1.82) is 0 Å². The van der Waals surface area contributed by atoms with Crippen LogP contribution in [0.15, 0.2) is 0 Å². The molecule has 0 spiro atoms. The Balaban J connectivity index is 3.77. The summed E-state index contributed by atoms with van der Waals surface area (Å²) >= 11 is 0. The second kappa shape index (κ2) is 9.41. The van der Waals surface area contributed by atoms with Gasteiger partial charge in [-0.15, -0.1) is 0 Å². The topological polar surface area (TPSA) is 95.9 Å². The Morgan fingerprint density at radius 2 is 1.94 bits per heavy atom. The molecule has 0 aliphatic rings. The molecule has 7 heteroatoms. The second-order valence-corrected chi connectivity index (χ2v) is 3.84. The molecule has 0 aliphatic carbocycles. The van der Waals surface area contributed by atoms with E-state index >= 15 is 0 Å². The SMILES string of the molecule is COCCCNC(=O)CN(C)C(=O)CCC(=O)O. The number of methoxy groups -OCH3 is 1. The van der Waals surface area contributed by atoms with Gasteiger partial charge in [-0.1, -0.05) is 0 Å². The van der Waals surface area contributed by atoms with E-state index in [1.807, 2.05) is 0 Å². The van der Waals surface area contributed by atoms with E-state index in [-0.39, 0.29) is 31.2 Å². The van der Waals surface area contributed by atoms with Gasteiger partial charge in [0.1, 0.15) is 0 Å². The molecule has 0 unspecified atom stereocenters. The number of nitrogens with zero attached hydrogens (tertiary/aromatic N) is 1. The zero-order chi connectivity index (χ0) is 14.0. The number of nitrogens with one attached hydrogen (secondary N) is 1. The Labute approximate surface area is 106 Å². The van der Waals surface area contributed by atoms with Gasteiger partial charge in [-0.25, -0.2) is 0 Å². The van der Waals surface area contributed by atoms with E-state index in [1.165, 1.54) is 11.9 Å². The summed E-state index contributed by atoms with van der Waals surface area (Å²) in [4.78, 5) is 34.3. The molecule has 0 atom stereocenters. The highest BCUT2D eigenvalue weighted by Crippen LogP contribution is 1.95. The van der Waals surface area contributed by atoms with Crippen LogP contribution in [0.5, 0.6) is 0 Å². The molecule has 0 aromatic heterocycles. The summed E-state index contributed by atoms with van der Waals surface area (Å²) in [6.07, 6.45) is 0.389. The van der Waals surface area contributed by atoms with Gasteiger partial charge in [-0.3, -0.25) is 14.4 Å². The lowest BCUT2D eigenvalue weighted by Crippen LogP contribution is -2.38. The summed E-state index contributed by atoms with van der Waals surface area (Å²) in [6, 6.07) is 0. The number of carboxylic acids is 1. The van der Waals surface area contributed by atoms with Crippen LogP contribution in [0.1, 0.15) is 19.3 Å². The Hall–Kier alpha value is -1.63. The van der Waals surface area contributed by atoms with E-state index in [1.54, 1.807) is 7.11 Å². The summed E-state index contributed by atoms with van der Waals surface area (Å²) in [5, 5.41) is 11.1. The molecule has 0 radical (unpaired) electrons. The van der Waals surface area contributed by atoms with Crippen molar-refractivity contribution in [3.05, 3.63) is 0 Å². The maximum Gasteiger partial charge on any atom is 0.303 e. The fourth-order valence-electron chi connectivity index (χ4n) is 1.21. The molecule has 2 N–H and O–H groups in total. The molecule has 7 nitrogen and oxygen atoms in total. The highest BCUT2D eigenvalue weighted by Gasteiger charge is 2.13. The highest BCUT2D eigenvalue weighted by molar-refractivity contribution is 5.86. The van der Waals surface area contributed by atoms with Crippen molar-refractivity contribution in [3.63, 3.8) is 0 Å². The molecule has 0 aromatic carbocycles. The van der Waals surface area contributed by atoms with Crippen LogP contribution >= 0.6 is 0 Å². The van der Waals surface area contributed by atoms with Crippen LogP contribution in [-0.4, -0.2) is 61.6 Å². The molecular weight excluding hydrogens is 240 g/mol. The number of rotatable bonds is 9. The number of hydrogen-bond acceptors (Lipinski definition) is 4. The summed E-state index contributed by atoms with van der Waals surface area (Å²) in [5.74, 6) is -1.65. The van der Waals surface area contributed by atoms with Crippen LogP contribution in [0.25, 0.3) is 0 Å². The number of carbonyl (C=O) groups is 3. The van der Waals surface area contributed by atoms with Gasteiger partial charge in [0.15, 0.2) is 0 Å². The smallest absolute Gasteiger partial charge is 0.303 e. The largest absolute Gasteiger partial charge is 0.481 e. The van der Waals surface area contributed by atoms with E-state index in [2.05, 4.69) is 5.32 Å². The number of likely N-dealkylation sites (N-methyl/N-ethyl adjacent to an activating group) is 1. The normalized spacial score (nSPS) is 9.89. The first-order chi connectivity index (χ1) is 8.47. The molecule has 104 valence electrons. The minimum Gasteiger partial charge on any atom is -0.481 e. The summed E-state index contributed by atoms with van der Waals surface area (Å²) in [7, 11) is 3.05. The Bertz CT molecular complexity index is 293. The molecular formula is C11H20N2O5. The highest BCUT2D eigenvalue weighted by atomic mass is 16.5. The molecule has 0 saturated heterocycles. The molecule has 0 saturated carbocycles. The van der Waals surface area contributed by atoms with Gasteiger partial charge in [0.25, 0.3) is 0 Å². The van der Waals surface area contributed by atoms with Crippen LogP contribution in [-0.2, 0) is 19.1 Å². The van der Waals surface area contributed by atoms with Crippen LogP contribution in [0.3, 0.4) is 0 Å². The Morgan fingerprint density at radius 1 is 1.28 bits per heavy atom. The summed E-state index contributed by atoms with van der Waals surface area (Å²) in [5.41, 5.74) is 0. The lowest BCUT2D eigenvalue weighted by molar-refractivity contribution is -0.141. The molecule has 0 aliphatic heterocycles. The maximum atomic E-state index is 11.4. The number of aliphatic carboxylic acids is 1. The van der Waals surface area contributed by atoms with Crippen molar-refractivity contribution in [2.75, 3.05) is 33.9 Å². The monoisotopic (exact) mass is 260 g/mol. The van der Waals surface area contributed by atoms with E-state index < -0.39 is 5.97 Å². The number of ether oxygens (including phenoxy) is 1. The number of hydrogen-bond donors (Lipinski definition) is 2. The van der Waals surface area contributed by atoms with E-state index in [9.17, 15) is 14.4 Å². The van der Waals surface area contributed by atoms with Gasteiger partial charge in [0.05, 0.1) is 13.0 Å². The minimum atomic E-state index is -1.03. The van der Waals surface area contributed by atoms with Gasteiger partial charge in [0, 0.05) is 33.7 Å². The third-order valence-electron chi connectivity index (χ3n) is 2.21. The van der Waals surface area contributed by atoms with E-state index in [4.69, 9.17) is 9.84 Å². The Kier molecular flexibility index (Phi) is 8.55. The zero-order valence-corrected chi connectivity index (χ0v) is 10.8. The molecule has 0 bridgehead atoms. The van der Waals surface area contributed by atoms with Crippen molar-refractivity contribution in [2.45, 2.75) is 19.3 Å². The van der Waals surface area contributed by atoms with E-state index in [0.29, 0.717) is 19.6 Å². The molecule has 0 aromatic rings. The number of amides is 2. The van der Waals surface area contributed by atoms with Crippen LogP contribution in [0.2, 0.25) is 0 Å². The average Bonchev–Trinajstić information content (AvgIpc) is 2.31. The molecule has 2 amide bonds. The molecule has 0 heterocycles. The first kappa shape index (κ1) is 16.4. The molecule has 18 heavy (non-hydrogen) atoms. The average molecular weight is 260 g/mol. The van der Waals surface area contributed by atoms with Crippen molar-refractivity contribution >= 4 is 17.8 Å². The number of carbonyl (C=O) groups excluding carboxylic acids is 2. The summed E-state index contributed by atoms with van der Waals surface area (Å²) in [6.45, 7) is 0.989. The number of carboxylic acid groups (broad SMARTS) is 1. The standard InChI is InChI=1S/C11H20N2O5/c1-13(10(15)4-5-11(16)17)8-9(14)12-6-3-7-18-2/h3-8H2,1-2H3,(H,12,14)(H,16,17). The third kappa shape index (κ3) is 8.51. The Morgan fingerprint density at radius 3 is 2.50 bits per heavy atom. The van der Waals surface area contributed by atoms with Crippen molar-refractivity contribution in [2.24, 2.45) is 0 Å². The van der Waals surface area contributed by atoms with Gasteiger partial charge in [-0.2, -0.15) is 0 Å². The quantitative estimate of drug-likeness (QED) is 0.543. The van der Waals surface area contributed by atoms with E-state index in [0.717, 1.165) is 0 Å². The van der Waals surface area contributed by atoms with Gasteiger partial charge in [0.2, 0.25) is 11.8 Å². The predicted octanol–water partition coefficient (Wildman–Crippen LogP) is -0.538. The van der Waals surface area contributed by atoms with Gasteiger partial charge < -0.3 is 20.1 Å². The van der Waals surface area contributed by atoms with Crippen LogP contribution < -0.4 is 5.32 Å². The summed E-state index contributed by atoms with van der Waals surface area (Å²) < 4.78 is 4.83. The minimum absolute atomic E-state index is 0.0641. The van der Waals surface area contributed by atoms with Crippen LogP contribution in [0, 0.1) is 0 Å². The lowest BCUT2D eigenvalue weighted by atomic mass is 10.3. The van der Waals surface area contributed by atoms with Crippen LogP contribution in [0.4, 0.5) is 0 Å². The van der Waals surface area contributed by atoms with Gasteiger partial charge in [-0.05, 0) is 6.42 Å². The molecule has 0 fully saturated rings. The second-order valence-electron chi connectivity index (χ2n) is 3.84.